The van der Waals surface area contributed by atoms with Crippen molar-refractivity contribution in [2.45, 2.75) is 64.6 Å². The molecule has 2 atom stereocenters. The SMILES string of the molecule is COC(C)(C)C(C)NC(C)C(=O)N1CCCCC1. The number of nitrogens with one attached hydrogen (secondary N) is 1. The average molecular weight is 256 g/mol. The summed E-state index contributed by atoms with van der Waals surface area (Å²) in [7, 11) is 1.70. The van der Waals surface area contributed by atoms with Crippen molar-refractivity contribution in [3.63, 3.8) is 0 Å². The molecule has 106 valence electrons. The number of carbonyl (C=O) groups is 1. The molecular weight excluding hydrogens is 228 g/mol. The molecular formula is C14H28N2O2. The highest BCUT2D eigenvalue weighted by atomic mass is 16.5. The fourth-order valence-electron chi connectivity index (χ4n) is 2.21. The summed E-state index contributed by atoms with van der Waals surface area (Å²) in [5.74, 6) is 0.216. The van der Waals surface area contributed by atoms with Crippen LogP contribution >= 0.6 is 0 Å². The van der Waals surface area contributed by atoms with Crippen LogP contribution in [-0.4, -0.2) is 48.7 Å². The summed E-state index contributed by atoms with van der Waals surface area (Å²) in [5.41, 5.74) is -0.267. The summed E-state index contributed by atoms with van der Waals surface area (Å²) in [6.07, 6.45) is 3.52. The predicted octanol–water partition coefficient (Wildman–Crippen LogP) is 1.79. The third kappa shape index (κ3) is 3.95. The van der Waals surface area contributed by atoms with Crippen molar-refractivity contribution in [3.05, 3.63) is 0 Å². The number of methoxy groups -OCH3 is 1. The van der Waals surface area contributed by atoms with E-state index in [1.165, 1.54) is 6.42 Å². The van der Waals surface area contributed by atoms with E-state index >= 15 is 0 Å². The number of ether oxygens (including phenoxy) is 1. The van der Waals surface area contributed by atoms with Crippen LogP contribution in [-0.2, 0) is 9.53 Å². The highest BCUT2D eigenvalue weighted by molar-refractivity contribution is 5.81. The molecule has 0 aliphatic carbocycles. The van der Waals surface area contributed by atoms with Gasteiger partial charge < -0.3 is 15.0 Å². The molecule has 1 N–H and O–H groups in total. The number of nitrogens with zero attached hydrogens (tertiary/aromatic N) is 1. The fraction of sp³-hybridized carbons (Fsp3) is 0.929. The Kier molecular flexibility index (Phi) is 5.60. The summed E-state index contributed by atoms with van der Waals surface area (Å²) in [5, 5.41) is 3.35. The van der Waals surface area contributed by atoms with Crippen LogP contribution in [0.4, 0.5) is 0 Å². The maximum absolute atomic E-state index is 12.3. The van der Waals surface area contributed by atoms with Crippen LogP contribution in [0.25, 0.3) is 0 Å². The van der Waals surface area contributed by atoms with Crippen LogP contribution in [0.15, 0.2) is 0 Å². The van der Waals surface area contributed by atoms with E-state index in [4.69, 9.17) is 4.74 Å². The zero-order valence-corrected chi connectivity index (χ0v) is 12.5. The molecule has 1 rings (SSSR count). The van der Waals surface area contributed by atoms with E-state index in [1.54, 1.807) is 7.11 Å². The number of piperidine rings is 1. The second kappa shape index (κ2) is 6.53. The first-order valence-corrected chi connectivity index (χ1v) is 6.98. The zero-order valence-electron chi connectivity index (χ0n) is 12.5. The Morgan fingerprint density at radius 3 is 2.28 bits per heavy atom. The summed E-state index contributed by atoms with van der Waals surface area (Å²) in [6.45, 7) is 9.88. The second-order valence-corrected chi connectivity index (χ2v) is 5.80. The fourth-order valence-corrected chi connectivity index (χ4v) is 2.21. The van der Waals surface area contributed by atoms with E-state index in [0.29, 0.717) is 0 Å². The van der Waals surface area contributed by atoms with Gasteiger partial charge in [-0.05, 0) is 47.0 Å². The lowest BCUT2D eigenvalue weighted by atomic mass is 9.99. The molecule has 0 radical (unpaired) electrons. The molecule has 0 aromatic rings. The maximum atomic E-state index is 12.3. The number of amides is 1. The molecule has 1 heterocycles. The van der Waals surface area contributed by atoms with Gasteiger partial charge in [0.2, 0.25) is 5.91 Å². The lowest BCUT2D eigenvalue weighted by molar-refractivity contribution is -0.134. The lowest BCUT2D eigenvalue weighted by Gasteiger charge is -2.35. The maximum Gasteiger partial charge on any atom is 0.239 e. The van der Waals surface area contributed by atoms with Crippen molar-refractivity contribution in [1.82, 2.24) is 10.2 Å². The smallest absolute Gasteiger partial charge is 0.239 e. The van der Waals surface area contributed by atoms with Gasteiger partial charge in [0, 0.05) is 26.2 Å². The van der Waals surface area contributed by atoms with Gasteiger partial charge in [-0.3, -0.25) is 4.79 Å². The predicted molar refractivity (Wildman–Crippen MR) is 73.6 cm³/mol. The largest absolute Gasteiger partial charge is 0.377 e. The molecule has 2 unspecified atom stereocenters. The van der Waals surface area contributed by atoms with Crippen LogP contribution in [0.2, 0.25) is 0 Å². The number of carbonyl (C=O) groups excluding carboxylic acids is 1. The molecule has 1 saturated heterocycles. The minimum absolute atomic E-state index is 0.131. The van der Waals surface area contributed by atoms with Crippen LogP contribution in [0.3, 0.4) is 0 Å². The molecule has 4 heteroatoms. The summed E-state index contributed by atoms with van der Waals surface area (Å²) in [4.78, 5) is 14.3. The first kappa shape index (κ1) is 15.4. The topological polar surface area (TPSA) is 41.6 Å². The molecule has 1 aliphatic heterocycles. The lowest BCUT2D eigenvalue weighted by Crippen LogP contribution is -2.54. The quantitative estimate of drug-likeness (QED) is 0.815. The minimum Gasteiger partial charge on any atom is -0.377 e. The molecule has 18 heavy (non-hydrogen) atoms. The summed E-state index contributed by atoms with van der Waals surface area (Å²) >= 11 is 0. The van der Waals surface area contributed by atoms with Gasteiger partial charge in [0.15, 0.2) is 0 Å². The first-order valence-electron chi connectivity index (χ1n) is 6.98. The van der Waals surface area contributed by atoms with E-state index in [-0.39, 0.29) is 23.6 Å². The van der Waals surface area contributed by atoms with Crippen LogP contribution in [0.1, 0.15) is 47.0 Å². The molecule has 0 saturated carbocycles. The van der Waals surface area contributed by atoms with E-state index in [9.17, 15) is 4.79 Å². The van der Waals surface area contributed by atoms with Gasteiger partial charge in [0.05, 0.1) is 11.6 Å². The van der Waals surface area contributed by atoms with Crippen molar-refractivity contribution >= 4 is 5.91 Å². The minimum atomic E-state index is -0.267. The Balaban J connectivity index is 2.48. The Bertz CT molecular complexity index is 273. The Morgan fingerprint density at radius 2 is 1.78 bits per heavy atom. The highest BCUT2D eigenvalue weighted by Gasteiger charge is 2.29. The van der Waals surface area contributed by atoms with Gasteiger partial charge in [0.25, 0.3) is 0 Å². The van der Waals surface area contributed by atoms with E-state index in [0.717, 1.165) is 25.9 Å². The van der Waals surface area contributed by atoms with Crippen molar-refractivity contribution in [1.29, 1.82) is 0 Å². The normalized spacial score (nSPS) is 20.6. The number of hydrogen-bond donors (Lipinski definition) is 1. The Morgan fingerprint density at radius 1 is 1.22 bits per heavy atom. The van der Waals surface area contributed by atoms with Crippen LogP contribution in [0, 0.1) is 0 Å². The van der Waals surface area contributed by atoms with Crippen molar-refractivity contribution in [3.8, 4) is 0 Å². The van der Waals surface area contributed by atoms with Crippen LogP contribution < -0.4 is 5.32 Å². The van der Waals surface area contributed by atoms with Crippen LogP contribution in [0.5, 0.6) is 0 Å². The summed E-state index contributed by atoms with van der Waals surface area (Å²) < 4.78 is 5.44. The van der Waals surface area contributed by atoms with Gasteiger partial charge in [-0.15, -0.1) is 0 Å². The van der Waals surface area contributed by atoms with Crippen molar-refractivity contribution < 1.29 is 9.53 Å². The molecule has 4 nitrogen and oxygen atoms in total. The molecule has 1 amide bonds. The first-order chi connectivity index (χ1) is 8.38. The highest BCUT2D eigenvalue weighted by Crippen LogP contribution is 2.15. The van der Waals surface area contributed by atoms with Gasteiger partial charge in [-0.2, -0.15) is 0 Å². The number of rotatable bonds is 5. The monoisotopic (exact) mass is 256 g/mol. The van der Waals surface area contributed by atoms with Gasteiger partial charge in [-0.25, -0.2) is 0 Å². The van der Waals surface area contributed by atoms with Gasteiger partial charge in [0.1, 0.15) is 0 Å². The zero-order chi connectivity index (χ0) is 13.8. The number of likely N-dealkylation sites (tertiary alicyclic amines) is 1. The van der Waals surface area contributed by atoms with Gasteiger partial charge >= 0.3 is 0 Å². The average Bonchev–Trinajstić information content (AvgIpc) is 2.38. The molecule has 1 aliphatic rings. The van der Waals surface area contributed by atoms with Crippen molar-refractivity contribution in [2.24, 2.45) is 0 Å². The Labute approximate surface area is 111 Å². The van der Waals surface area contributed by atoms with E-state index in [2.05, 4.69) is 12.2 Å². The third-order valence-electron chi connectivity index (χ3n) is 4.11. The third-order valence-corrected chi connectivity index (χ3v) is 4.11. The van der Waals surface area contributed by atoms with E-state index < -0.39 is 0 Å². The molecule has 0 aromatic carbocycles. The molecule has 0 aromatic heterocycles. The van der Waals surface area contributed by atoms with Crippen molar-refractivity contribution in [2.75, 3.05) is 20.2 Å². The van der Waals surface area contributed by atoms with E-state index in [1.807, 2.05) is 25.7 Å². The molecule has 0 bridgehead atoms. The Hall–Kier alpha value is -0.610. The molecule has 0 spiro atoms. The summed E-state index contributed by atoms with van der Waals surface area (Å²) in [6, 6.07) is -0.0150. The van der Waals surface area contributed by atoms with Gasteiger partial charge in [-0.1, -0.05) is 0 Å². The standard InChI is InChI=1S/C14H28N2O2/c1-11(15-12(2)14(3,4)18-5)13(17)16-9-7-6-8-10-16/h11-12,15H,6-10H2,1-5H3. The second-order valence-electron chi connectivity index (χ2n) is 5.80. The number of hydrogen-bond acceptors (Lipinski definition) is 3. The molecule has 1 fully saturated rings.